The molecule has 1 unspecified atom stereocenters. The van der Waals surface area contributed by atoms with Gasteiger partial charge in [0.25, 0.3) is 5.95 Å². The van der Waals surface area contributed by atoms with Gasteiger partial charge >= 0.3 is 0 Å². The zero-order valence-corrected chi connectivity index (χ0v) is 9.28. The second-order valence-electron chi connectivity index (χ2n) is 4.02. The van der Waals surface area contributed by atoms with E-state index < -0.39 is 0 Å². The Morgan fingerprint density at radius 3 is 2.88 bits per heavy atom. The van der Waals surface area contributed by atoms with E-state index in [4.69, 9.17) is 10.5 Å². The summed E-state index contributed by atoms with van der Waals surface area (Å²) < 4.78 is 6.96. The molecule has 1 aliphatic heterocycles. The van der Waals surface area contributed by atoms with Crippen molar-refractivity contribution in [3.63, 3.8) is 0 Å². The topological polar surface area (TPSA) is 78.9 Å². The fourth-order valence-corrected chi connectivity index (χ4v) is 1.98. The van der Waals surface area contributed by atoms with Crippen molar-refractivity contribution < 1.29 is 4.74 Å². The van der Waals surface area contributed by atoms with Crippen molar-refractivity contribution in [2.75, 3.05) is 18.9 Å². The summed E-state index contributed by atoms with van der Waals surface area (Å²) in [6.07, 6.45) is 6.08. The molecule has 0 aliphatic carbocycles. The van der Waals surface area contributed by atoms with E-state index in [0.29, 0.717) is 24.2 Å². The Morgan fingerprint density at radius 1 is 1.35 bits per heavy atom. The fourth-order valence-electron chi connectivity index (χ4n) is 1.98. The highest BCUT2D eigenvalue weighted by Crippen LogP contribution is 2.28. The Bertz CT molecular complexity index is 504. The highest BCUT2D eigenvalue weighted by molar-refractivity contribution is 5.44. The molecular weight excluding hydrogens is 218 g/mol. The van der Waals surface area contributed by atoms with Crippen LogP contribution in [-0.2, 0) is 4.74 Å². The van der Waals surface area contributed by atoms with Gasteiger partial charge in [0.05, 0.1) is 24.2 Å². The Hall–Kier alpha value is -1.95. The summed E-state index contributed by atoms with van der Waals surface area (Å²) in [5.41, 5.74) is 7.52. The molecule has 3 rings (SSSR count). The van der Waals surface area contributed by atoms with Crippen molar-refractivity contribution >= 4 is 5.69 Å². The van der Waals surface area contributed by atoms with Crippen LogP contribution in [0.5, 0.6) is 0 Å². The number of nitrogens with zero attached hydrogens (tertiary/aromatic N) is 4. The van der Waals surface area contributed by atoms with Gasteiger partial charge in [-0.3, -0.25) is 0 Å². The lowest BCUT2D eigenvalue weighted by molar-refractivity contribution is 0.193. The number of ether oxygens (including phenoxy) is 1. The third-order valence-electron chi connectivity index (χ3n) is 2.85. The maximum absolute atomic E-state index is 5.96. The maximum atomic E-state index is 5.96. The van der Waals surface area contributed by atoms with Crippen LogP contribution in [0.3, 0.4) is 0 Å². The fraction of sp³-hybridized carbons (Fsp3) is 0.364. The number of hydrogen-bond acceptors (Lipinski definition) is 5. The maximum Gasteiger partial charge on any atom is 0.250 e. The molecule has 0 radical (unpaired) electrons. The molecule has 1 saturated heterocycles. The lowest BCUT2D eigenvalue weighted by Crippen LogP contribution is -2.04. The van der Waals surface area contributed by atoms with E-state index in [1.54, 1.807) is 29.3 Å². The van der Waals surface area contributed by atoms with Gasteiger partial charge in [0.15, 0.2) is 0 Å². The van der Waals surface area contributed by atoms with Gasteiger partial charge in [-0.25, -0.2) is 14.6 Å². The van der Waals surface area contributed by atoms with Crippen LogP contribution in [0, 0.1) is 0 Å². The second-order valence-corrected chi connectivity index (χ2v) is 4.02. The Balaban J connectivity index is 1.95. The third-order valence-corrected chi connectivity index (χ3v) is 2.85. The van der Waals surface area contributed by atoms with E-state index >= 15 is 0 Å². The first kappa shape index (κ1) is 10.2. The van der Waals surface area contributed by atoms with E-state index in [2.05, 4.69) is 15.1 Å². The van der Waals surface area contributed by atoms with Crippen LogP contribution in [0.2, 0.25) is 0 Å². The lowest BCUT2D eigenvalue weighted by Gasteiger charge is -2.03. The van der Waals surface area contributed by atoms with Crippen LogP contribution in [0.15, 0.2) is 24.7 Å². The van der Waals surface area contributed by atoms with E-state index in [1.165, 1.54) is 0 Å². The highest BCUT2D eigenvalue weighted by Gasteiger charge is 2.23. The van der Waals surface area contributed by atoms with Gasteiger partial charge in [-0.1, -0.05) is 0 Å². The quantitative estimate of drug-likeness (QED) is 0.825. The molecular formula is C11H13N5O. The summed E-state index contributed by atoms with van der Waals surface area (Å²) in [5, 5.41) is 4.45. The van der Waals surface area contributed by atoms with Crippen LogP contribution in [0.4, 0.5) is 5.69 Å². The normalized spacial score (nSPS) is 19.6. The molecule has 0 bridgehead atoms. The minimum absolute atomic E-state index is 0.292. The molecule has 1 fully saturated rings. The molecule has 88 valence electrons. The molecule has 1 atom stereocenters. The molecule has 17 heavy (non-hydrogen) atoms. The summed E-state index contributed by atoms with van der Waals surface area (Å²) in [6.45, 7) is 1.47. The summed E-state index contributed by atoms with van der Waals surface area (Å²) in [4.78, 5) is 8.27. The van der Waals surface area contributed by atoms with Gasteiger partial charge in [-0.15, -0.1) is 0 Å². The predicted octanol–water partition coefficient (Wildman–Crippen LogP) is 0.748. The molecule has 0 amide bonds. The van der Waals surface area contributed by atoms with Gasteiger partial charge in [0.1, 0.15) is 0 Å². The van der Waals surface area contributed by atoms with Crippen LogP contribution < -0.4 is 5.73 Å². The summed E-state index contributed by atoms with van der Waals surface area (Å²) in [5.74, 6) is 0.823. The zero-order valence-electron chi connectivity index (χ0n) is 9.28. The molecule has 2 N–H and O–H groups in total. The van der Waals surface area contributed by atoms with E-state index in [1.807, 2.05) is 0 Å². The molecule has 1 aliphatic rings. The predicted molar refractivity (Wildman–Crippen MR) is 61.7 cm³/mol. The van der Waals surface area contributed by atoms with Crippen molar-refractivity contribution in [1.82, 2.24) is 19.7 Å². The molecule has 6 nitrogen and oxygen atoms in total. The van der Waals surface area contributed by atoms with Crippen LogP contribution in [-0.4, -0.2) is 33.0 Å². The Labute approximate surface area is 98.4 Å². The van der Waals surface area contributed by atoms with Crippen molar-refractivity contribution in [2.45, 2.75) is 12.3 Å². The van der Waals surface area contributed by atoms with Crippen LogP contribution in [0.25, 0.3) is 5.95 Å². The monoisotopic (exact) mass is 231 g/mol. The van der Waals surface area contributed by atoms with Gasteiger partial charge in [0, 0.05) is 24.9 Å². The number of nitrogen functional groups attached to an aromatic ring is 1. The lowest BCUT2D eigenvalue weighted by atomic mass is 10.0. The number of aromatic nitrogens is 4. The summed E-state index contributed by atoms with van der Waals surface area (Å²) in [6, 6.07) is 1.77. The smallest absolute Gasteiger partial charge is 0.250 e. The third kappa shape index (κ3) is 1.87. The minimum atomic E-state index is 0.292. The number of hydrogen-bond donors (Lipinski definition) is 1. The van der Waals surface area contributed by atoms with Crippen molar-refractivity contribution in [1.29, 1.82) is 0 Å². The molecule has 0 spiro atoms. The average molecular weight is 231 g/mol. The van der Waals surface area contributed by atoms with Gasteiger partial charge in [0.2, 0.25) is 0 Å². The van der Waals surface area contributed by atoms with Crippen LogP contribution >= 0.6 is 0 Å². The molecule has 3 heterocycles. The van der Waals surface area contributed by atoms with Crippen molar-refractivity contribution in [2.24, 2.45) is 0 Å². The largest absolute Gasteiger partial charge is 0.396 e. The molecule has 2 aromatic heterocycles. The van der Waals surface area contributed by atoms with E-state index in [9.17, 15) is 0 Å². The number of rotatable bonds is 2. The van der Waals surface area contributed by atoms with E-state index in [0.717, 1.165) is 18.7 Å². The summed E-state index contributed by atoms with van der Waals surface area (Å²) >= 11 is 0. The Kier molecular flexibility index (Phi) is 2.49. The van der Waals surface area contributed by atoms with Crippen molar-refractivity contribution in [3.05, 3.63) is 30.4 Å². The van der Waals surface area contributed by atoms with E-state index in [-0.39, 0.29) is 0 Å². The van der Waals surface area contributed by atoms with Crippen LogP contribution in [0.1, 0.15) is 18.0 Å². The second kappa shape index (κ2) is 4.14. The average Bonchev–Trinajstić information content (AvgIpc) is 2.99. The minimum Gasteiger partial charge on any atom is -0.396 e. The van der Waals surface area contributed by atoms with Gasteiger partial charge in [-0.2, -0.15) is 5.10 Å². The number of nitrogens with two attached hydrogens (primary N) is 1. The molecule has 0 saturated carbocycles. The van der Waals surface area contributed by atoms with Gasteiger partial charge in [-0.05, 0) is 12.5 Å². The highest BCUT2D eigenvalue weighted by atomic mass is 16.5. The zero-order chi connectivity index (χ0) is 11.7. The molecule has 2 aromatic rings. The molecule has 0 aromatic carbocycles. The summed E-state index contributed by atoms with van der Waals surface area (Å²) in [7, 11) is 0. The van der Waals surface area contributed by atoms with Gasteiger partial charge < -0.3 is 10.5 Å². The first-order valence-corrected chi connectivity index (χ1v) is 5.55. The first-order valence-electron chi connectivity index (χ1n) is 5.55. The first-order chi connectivity index (χ1) is 8.34. The SMILES string of the molecule is Nc1cn(-c2ncccn2)nc1C1CCOC1. The molecule has 6 heteroatoms. The Morgan fingerprint density at radius 2 is 2.18 bits per heavy atom. The van der Waals surface area contributed by atoms with Crippen molar-refractivity contribution in [3.8, 4) is 5.95 Å². The standard InChI is InChI=1S/C11H13N5O/c12-9-6-16(11-13-3-1-4-14-11)15-10(9)8-2-5-17-7-8/h1,3-4,6,8H,2,5,7,12H2. The number of anilines is 1.